The molecule has 4 fully saturated rings. The van der Waals surface area contributed by atoms with Crippen molar-refractivity contribution in [2.24, 2.45) is 23.7 Å². The van der Waals surface area contributed by atoms with Gasteiger partial charge in [0.1, 0.15) is 23.0 Å². The van der Waals surface area contributed by atoms with E-state index < -0.39 is 0 Å². The standard InChI is InChI=1S/C30H34N2O2/c1-17-25(31)5-3-7-27(17)33-23-9-10-24(29(16-23)34-28-8-4-6-26(32)18(28)2)30-21-12-19-11-20(14-21)15-22(30)13-19/h3-10,16,19-22,30H,11-15,31-32H2,1-2H3. The number of nitrogens with two attached hydrogens (primary N) is 2. The molecule has 4 bridgehead atoms. The maximum Gasteiger partial charge on any atom is 0.134 e. The zero-order valence-electron chi connectivity index (χ0n) is 20.1. The number of nitrogen functional groups attached to an aromatic ring is 2. The number of ether oxygens (including phenoxy) is 2. The molecule has 176 valence electrons. The van der Waals surface area contributed by atoms with Gasteiger partial charge >= 0.3 is 0 Å². The predicted molar refractivity (Wildman–Crippen MR) is 138 cm³/mol. The van der Waals surface area contributed by atoms with E-state index >= 15 is 0 Å². The largest absolute Gasteiger partial charge is 0.457 e. The number of hydrogen-bond donors (Lipinski definition) is 2. The highest BCUT2D eigenvalue weighted by Crippen LogP contribution is 2.61. The summed E-state index contributed by atoms with van der Waals surface area (Å²) in [6.45, 7) is 4.00. The lowest BCUT2D eigenvalue weighted by Crippen LogP contribution is -2.43. The SMILES string of the molecule is Cc1c(N)cccc1Oc1ccc(C2C3CC4CC(C3)CC2C4)c(Oc2cccc(N)c2C)c1. The quantitative estimate of drug-likeness (QED) is 0.390. The van der Waals surface area contributed by atoms with Crippen LogP contribution in [0.25, 0.3) is 0 Å². The molecule has 0 spiro atoms. The maximum absolute atomic E-state index is 6.63. The predicted octanol–water partition coefficient (Wildman–Crippen LogP) is 7.59. The number of benzene rings is 3. The fourth-order valence-corrected chi connectivity index (χ4v) is 7.10. The van der Waals surface area contributed by atoms with Gasteiger partial charge in [-0.05, 0) is 111 Å². The van der Waals surface area contributed by atoms with Gasteiger partial charge in [-0.1, -0.05) is 18.2 Å². The third kappa shape index (κ3) is 3.70. The van der Waals surface area contributed by atoms with Gasteiger partial charge < -0.3 is 20.9 Å². The van der Waals surface area contributed by atoms with Crippen LogP contribution in [0.2, 0.25) is 0 Å². The molecule has 4 aliphatic rings. The van der Waals surface area contributed by atoms with Crippen molar-refractivity contribution in [1.82, 2.24) is 0 Å². The van der Waals surface area contributed by atoms with Crippen molar-refractivity contribution in [2.45, 2.75) is 51.9 Å². The Morgan fingerprint density at radius 2 is 1.21 bits per heavy atom. The van der Waals surface area contributed by atoms with Gasteiger partial charge in [0.05, 0.1) is 0 Å². The second kappa shape index (κ2) is 8.26. The van der Waals surface area contributed by atoms with Crippen LogP contribution in [-0.2, 0) is 0 Å². The average molecular weight is 455 g/mol. The topological polar surface area (TPSA) is 70.5 Å². The zero-order chi connectivity index (χ0) is 23.4. The molecule has 0 heterocycles. The molecular weight excluding hydrogens is 420 g/mol. The van der Waals surface area contributed by atoms with Crippen LogP contribution in [0, 0.1) is 37.5 Å². The summed E-state index contributed by atoms with van der Waals surface area (Å²) in [5.74, 6) is 7.21. The molecule has 0 amide bonds. The van der Waals surface area contributed by atoms with Crippen molar-refractivity contribution in [1.29, 1.82) is 0 Å². The molecule has 3 aromatic carbocycles. The third-order valence-electron chi connectivity index (χ3n) is 8.67. The van der Waals surface area contributed by atoms with Crippen molar-refractivity contribution in [3.63, 3.8) is 0 Å². The molecule has 0 saturated heterocycles. The van der Waals surface area contributed by atoms with Gasteiger partial charge in [0.15, 0.2) is 0 Å². The van der Waals surface area contributed by atoms with Crippen LogP contribution >= 0.6 is 0 Å². The molecule has 0 aromatic heterocycles. The lowest BCUT2D eigenvalue weighted by atomic mass is 9.50. The maximum atomic E-state index is 6.63. The first-order valence-electron chi connectivity index (χ1n) is 12.7. The summed E-state index contributed by atoms with van der Waals surface area (Å²) >= 11 is 0. The van der Waals surface area contributed by atoms with Gasteiger partial charge in [-0.15, -0.1) is 0 Å². The first-order chi connectivity index (χ1) is 16.5. The highest BCUT2D eigenvalue weighted by atomic mass is 16.5. The summed E-state index contributed by atoms with van der Waals surface area (Å²) in [6, 6.07) is 18.1. The second-order valence-electron chi connectivity index (χ2n) is 10.8. The highest BCUT2D eigenvalue weighted by Gasteiger charge is 2.49. The van der Waals surface area contributed by atoms with Gasteiger partial charge in [-0.2, -0.15) is 0 Å². The summed E-state index contributed by atoms with van der Waals surface area (Å²) in [5.41, 5.74) is 17.0. The van der Waals surface area contributed by atoms with E-state index in [2.05, 4.69) is 18.2 Å². The lowest BCUT2D eigenvalue weighted by molar-refractivity contribution is -0.00337. The Kier molecular flexibility index (Phi) is 5.20. The summed E-state index contributed by atoms with van der Waals surface area (Å²) in [5, 5.41) is 0. The van der Waals surface area contributed by atoms with Crippen LogP contribution in [0.4, 0.5) is 11.4 Å². The highest BCUT2D eigenvalue weighted by molar-refractivity contribution is 5.57. The van der Waals surface area contributed by atoms with Crippen LogP contribution in [0.1, 0.15) is 54.7 Å². The van der Waals surface area contributed by atoms with Gasteiger partial charge in [-0.25, -0.2) is 0 Å². The van der Waals surface area contributed by atoms with Crippen LogP contribution in [0.15, 0.2) is 54.6 Å². The molecule has 3 aromatic rings. The molecule has 4 N–H and O–H groups in total. The molecule has 0 radical (unpaired) electrons. The number of rotatable bonds is 5. The van der Waals surface area contributed by atoms with Crippen LogP contribution < -0.4 is 20.9 Å². The normalized spacial score (nSPS) is 27.1. The Balaban J connectivity index is 1.39. The summed E-state index contributed by atoms with van der Waals surface area (Å²) in [6.07, 6.45) is 6.94. The van der Waals surface area contributed by atoms with Crippen LogP contribution in [-0.4, -0.2) is 0 Å². The monoisotopic (exact) mass is 454 g/mol. The van der Waals surface area contributed by atoms with Crippen LogP contribution in [0.3, 0.4) is 0 Å². The minimum Gasteiger partial charge on any atom is -0.457 e. The molecule has 4 nitrogen and oxygen atoms in total. The van der Waals surface area contributed by atoms with E-state index in [-0.39, 0.29) is 0 Å². The zero-order valence-corrected chi connectivity index (χ0v) is 20.1. The second-order valence-corrected chi connectivity index (χ2v) is 10.8. The minimum atomic E-state index is 0.562. The van der Waals surface area contributed by atoms with Gasteiger partial charge in [0.2, 0.25) is 0 Å². The molecular formula is C30H34N2O2. The van der Waals surface area contributed by atoms with Crippen LogP contribution in [0.5, 0.6) is 23.0 Å². The first-order valence-corrected chi connectivity index (χ1v) is 12.7. The summed E-state index contributed by atoms with van der Waals surface area (Å²) < 4.78 is 12.9. The van der Waals surface area contributed by atoms with E-state index in [4.69, 9.17) is 20.9 Å². The van der Waals surface area contributed by atoms with Crippen molar-refractivity contribution in [2.75, 3.05) is 11.5 Å². The number of hydrogen-bond acceptors (Lipinski definition) is 4. The molecule has 4 aliphatic carbocycles. The molecule has 34 heavy (non-hydrogen) atoms. The molecule has 7 rings (SSSR count). The fourth-order valence-electron chi connectivity index (χ4n) is 7.10. The van der Waals surface area contributed by atoms with Crippen molar-refractivity contribution in [3.05, 3.63) is 71.3 Å². The van der Waals surface area contributed by atoms with E-state index in [1.807, 2.05) is 50.2 Å². The molecule has 4 saturated carbocycles. The smallest absolute Gasteiger partial charge is 0.134 e. The fraction of sp³-hybridized carbons (Fsp3) is 0.400. The van der Waals surface area contributed by atoms with Gasteiger partial charge in [0, 0.05) is 28.6 Å². The van der Waals surface area contributed by atoms with Crippen molar-refractivity contribution >= 4 is 11.4 Å². The third-order valence-corrected chi connectivity index (χ3v) is 8.67. The minimum absolute atomic E-state index is 0.562. The molecule has 0 aliphatic heterocycles. The Hall–Kier alpha value is -3.14. The Labute approximate surface area is 202 Å². The van der Waals surface area contributed by atoms with E-state index in [1.54, 1.807) is 0 Å². The van der Waals surface area contributed by atoms with Crippen molar-refractivity contribution < 1.29 is 9.47 Å². The van der Waals surface area contributed by atoms with Gasteiger partial charge in [-0.3, -0.25) is 0 Å². The van der Waals surface area contributed by atoms with E-state index in [0.717, 1.165) is 69.2 Å². The Morgan fingerprint density at radius 1 is 0.647 bits per heavy atom. The van der Waals surface area contributed by atoms with Crippen molar-refractivity contribution in [3.8, 4) is 23.0 Å². The van der Waals surface area contributed by atoms with E-state index in [9.17, 15) is 0 Å². The average Bonchev–Trinajstić information content (AvgIpc) is 2.80. The molecule has 4 heteroatoms. The summed E-state index contributed by atoms with van der Waals surface area (Å²) in [4.78, 5) is 0. The van der Waals surface area contributed by atoms with Gasteiger partial charge in [0.25, 0.3) is 0 Å². The van der Waals surface area contributed by atoms with E-state index in [0.29, 0.717) is 5.92 Å². The molecule has 0 atom stereocenters. The Morgan fingerprint density at radius 3 is 1.79 bits per heavy atom. The van der Waals surface area contributed by atoms with E-state index in [1.165, 1.54) is 37.7 Å². The number of anilines is 2. The summed E-state index contributed by atoms with van der Waals surface area (Å²) in [7, 11) is 0. The lowest BCUT2D eigenvalue weighted by Gasteiger charge is -2.54. The molecule has 0 unspecified atom stereocenters. The Bertz CT molecular complexity index is 1210. The first kappa shape index (κ1) is 21.4.